The van der Waals surface area contributed by atoms with Crippen molar-refractivity contribution in [2.24, 2.45) is 5.73 Å². The number of anilines is 1. The molecular weight excluding hydrogens is 317 g/mol. The number of hydrogen-bond acceptors (Lipinski definition) is 3. The number of nitrogens with one attached hydrogen (secondary N) is 1. The van der Waals surface area contributed by atoms with E-state index in [-0.39, 0.29) is 17.8 Å². The summed E-state index contributed by atoms with van der Waals surface area (Å²) in [5, 5.41) is 3.03. The molecule has 132 valence electrons. The van der Waals surface area contributed by atoms with E-state index in [2.05, 4.69) is 10.2 Å². The number of nitrogens with two attached hydrogens (primary N) is 1. The van der Waals surface area contributed by atoms with E-state index in [1.165, 1.54) is 12.1 Å². The zero-order valence-corrected chi connectivity index (χ0v) is 14.5. The van der Waals surface area contributed by atoms with Crippen LogP contribution in [0.3, 0.4) is 0 Å². The maximum absolute atomic E-state index is 13.1. The van der Waals surface area contributed by atoms with Gasteiger partial charge in [-0.2, -0.15) is 0 Å². The van der Waals surface area contributed by atoms with Gasteiger partial charge >= 0.3 is 0 Å². The lowest BCUT2D eigenvalue weighted by Crippen LogP contribution is -2.39. The number of carbonyl (C=O) groups excluding carboxylic acids is 1. The third-order valence-electron chi connectivity index (χ3n) is 4.61. The molecule has 1 heterocycles. The van der Waals surface area contributed by atoms with Crippen LogP contribution in [0.15, 0.2) is 42.5 Å². The van der Waals surface area contributed by atoms with Crippen molar-refractivity contribution in [3.63, 3.8) is 0 Å². The predicted molar refractivity (Wildman–Crippen MR) is 97.5 cm³/mol. The Morgan fingerprint density at radius 1 is 1.24 bits per heavy atom. The molecule has 1 fully saturated rings. The molecule has 0 aliphatic carbocycles. The van der Waals surface area contributed by atoms with Gasteiger partial charge in [0.15, 0.2) is 0 Å². The molecule has 0 bridgehead atoms. The van der Waals surface area contributed by atoms with Crippen molar-refractivity contribution in [2.75, 3.05) is 11.9 Å². The van der Waals surface area contributed by atoms with E-state index in [1.54, 1.807) is 12.1 Å². The van der Waals surface area contributed by atoms with Crippen LogP contribution in [0.2, 0.25) is 0 Å². The number of halogens is 1. The molecule has 5 heteroatoms. The van der Waals surface area contributed by atoms with Gasteiger partial charge in [-0.15, -0.1) is 0 Å². The highest BCUT2D eigenvalue weighted by molar-refractivity contribution is 5.95. The number of amides is 1. The fourth-order valence-corrected chi connectivity index (χ4v) is 3.41. The van der Waals surface area contributed by atoms with Gasteiger partial charge in [0.25, 0.3) is 0 Å². The number of nitrogens with zero attached hydrogens (tertiary/aromatic N) is 1. The van der Waals surface area contributed by atoms with Gasteiger partial charge in [-0.1, -0.05) is 18.2 Å². The van der Waals surface area contributed by atoms with Crippen LogP contribution >= 0.6 is 0 Å². The molecule has 3 N–H and O–H groups in total. The molecule has 1 aliphatic heterocycles. The summed E-state index contributed by atoms with van der Waals surface area (Å²) in [5.41, 5.74) is 9.60. The van der Waals surface area contributed by atoms with Crippen LogP contribution in [0.4, 0.5) is 10.1 Å². The first kappa shape index (κ1) is 17.6. The standard InChI is InChI=1S/C20H24FN3O/c1-14-9-16(12-22)11-18(10-14)23-20(25)19-3-2-8-24(19)13-15-4-6-17(21)7-5-15/h4-7,9-11,19H,2-3,8,12-13,22H2,1H3,(H,23,25). The number of likely N-dealkylation sites (tertiary alicyclic amines) is 1. The van der Waals surface area contributed by atoms with Crippen molar-refractivity contribution in [3.05, 3.63) is 65.0 Å². The molecule has 1 atom stereocenters. The Morgan fingerprint density at radius 2 is 2.00 bits per heavy atom. The first-order valence-corrected chi connectivity index (χ1v) is 8.65. The molecule has 4 nitrogen and oxygen atoms in total. The summed E-state index contributed by atoms with van der Waals surface area (Å²) in [6.45, 7) is 3.97. The van der Waals surface area contributed by atoms with Crippen molar-refractivity contribution >= 4 is 11.6 Å². The predicted octanol–water partition coefficient (Wildman–Crippen LogP) is 3.20. The van der Waals surface area contributed by atoms with Gasteiger partial charge in [0.2, 0.25) is 5.91 Å². The van der Waals surface area contributed by atoms with Gasteiger partial charge in [-0.3, -0.25) is 9.69 Å². The Hall–Kier alpha value is -2.24. The van der Waals surface area contributed by atoms with E-state index in [0.29, 0.717) is 13.1 Å². The van der Waals surface area contributed by atoms with E-state index < -0.39 is 0 Å². The minimum atomic E-state index is -0.241. The van der Waals surface area contributed by atoms with E-state index in [4.69, 9.17) is 5.73 Å². The summed E-state index contributed by atoms with van der Waals surface area (Å²) < 4.78 is 13.1. The summed E-state index contributed by atoms with van der Waals surface area (Å²) in [6.07, 6.45) is 1.82. The van der Waals surface area contributed by atoms with Crippen LogP contribution in [0.25, 0.3) is 0 Å². The molecule has 2 aromatic carbocycles. The Bertz CT molecular complexity index is 745. The van der Waals surface area contributed by atoms with Crippen LogP contribution < -0.4 is 11.1 Å². The highest BCUT2D eigenvalue weighted by Gasteiger charge is 2.30. The molecule has 0 aromatic heterocycles. The molecule has 0 saturated carbocycles. The molecule has 1 amide bonds. The van der Waals surface area contributed by atoms with Gasteiger partial charge in [0.1, 0.15) is 5.82 Å². The van der Waals surface area contributed by atoms with Gasteiger partial charge < -0.3 is 11.1 Å². The van der Waals surface area contributed by atoms with Crippen LogP contribution in [-0.4, -0.2) is 23.4 Å². The van der Waals surface area contributed by atoms with Crippen LogP contribution in [-0.2, 0) is 17.9 Å². The monoisotopic (exact) mass is 341 g/mol. The molecule has 1 saturated heterocycles. The molecular formula is C20H24FN3O. The van der Waals surface area contributed by atoms with Gasteiger partial charge in [-0.05, 0) is 67.3 Å². The smallest absolute Gasteiger partial charge is 0.241 e. The van der Waals surface area contributed by atoms with E-state index in [1.807, 2.05) is 25.1 Å². The lowest BCUT2D eigenvalue weighted by atomic mass is 10.1. The third kappa shape index (κ3) is 4.44. The first-order chi connectivity index (χ1) is 12.0. The summed E-state index contributed by atoms with van der Waals surface area (Å²) >= 11 is 0. The molecule has 1 aliphatic rings. The van der Waals surface area contributed by atoms with Crippen molar-refractivity contribution in [1.82, 2.24) is 4.90 Å². The quantitative estimate of drug-likeness (QED) is 0.878. The minimum absolute atomic E-state index is 0.00758. The Kier molecular flexibility index (Phi) is 5.46. The number of aryl methyl sites for hydroxylation is 1. The summed E-state index contributed by atoms with van der Waals surface area (Å²) in [7, 11) is 0. The average molecular weight is 341 g/mol. The fourth-order valence-electron chi connectivity index (χ4n) is 3.41. The van der Waals surface area contributed by atoms with Crippen LogP contribution in [0.5, 0.6) is 0 Å². The summed E-state index contributed by atoms with van der Waals surface area (Å²) in [4.78, 5) is 14.9. The normalized spacial score (nSPS) is 17.6. The van der Waals surface area contributed by atoms with E-state index >= 15 is 0 Å². The van der Waals surface area contributed by atoms with E-state index in [0.717, 1.165) is 41.8 Å². The highest BCUT2D eigenvalue weighted by Crippen LogP contribution is 2.22. The first-order valence-electron chi connectivity index (χ1n) is 8.65. The van der Waals surface area contributed by atoms with E-state index in [9.17, 15) is 9.18 Å². The second-order valence-electron chi connectivity index (χ2n) is 6.66. The fraction of sp³-hybridized carbons (Fsp3) is 0.350. The Morgan fingerprint density at radius 3 is 2.72 bits per heavy atom. The number of benzene rings is 2. The molecule has 0 spiro atoms. The molecule has 25 heavy (non-hydrogen) atoms. The number of rotatable bonds is 5. The minimum Gasteiger partial charge on any atom is -0.326 e. The second-order valence-corrected chi connectivity index (χ2v) is 6.66. The molecule has 0 radical (unpaired) electrons. The van der Waals surface area contributed by atoms with Crippen LogP contribution in [0, 0.1) is 12.7 Å². The third-order valence-corrected chi connectivity index (χ3v) is 4.61. The van der Waals surface area contributed by atoms with Gasteiger partial charge in [0.05, 0.1) is 6.04 Å². The number of carbonyl (C=O) groups is 1. The van der Waals surface area contributed by atoms with Crippen molar-refractivity contribution in [3.8, 4) is 0 Å². The highest BCUT2D eigenvalue weighted by atomic mass is 19.1. The van der Waals surface area contributed by atoms with Crippen LogP contribution in [0.1, 0.15) is 29.5 Å². The lowest BCUT2D eigenvalue weighted by molar-refractivity contribution is -0.120. The van der Waals surface area contributed by atoms with Crippen molar-refractivity contribution < 1.29 is 9.18 Å². The van der Waals surface area contributed by atoms with Crippen molar-refractivity contribution in [1.29, 1.82) is 0 Å². The maximum atomic E-state index is 13.1. The van der Waals surface area contributed by atoms with Gasteiger partial charge in [0, 0.05) is 18.8 Å². The second kappa shape index (κ2) is 7.76. The summed E-state index contributed by atoms with van der Waals surface area (Å²) in [5.74, 6) is -0.234. The molecule has 1 unspecified atom stereocenters. The topological polar surface area (TPSA) is 58.4 Å². The maximum Gasteiger partial charge on any atom is 0.241 e. The lowest BCUT2D eigenvalue weighted by Gasteiger charge is -2.24. The SMILES string of the molecule is Cc1cc(CN)cc(NC(=O)C2CCCN2Cc2ccc(F)cc2)c1. The number of hydrogen-bond donors (Lipinski definition) is 2. The summed E-state index contributed by atoms with van der Waals surface area (Å²) in [6, 6.07) is 12.2. The largest absolute Gasteiger partial charge is 0.326 e. The zero-order chi connectivity index (χ0) is 17.8. The average Bonchev–Trinajstić information content (AvgIpc) is 3.04. The Balaban J connectivity index is 1.68. The molecule has 3 rings (SSSR count). The Labute approximate surface area is 147 Å². The molecule has 2 aromatic rings. The zero-order valence-electron chi connectivity index (χ0n) is 14.5. The van der Waals surface area contributed by atoms with Gasteiger partial charge in [-0.25, -0.2) is 4.39 Å². The van der Waals surface area contributed by atoms with Crippen molar-refractivity contribution in [2.45, 2.75) is 38.9 Å².